The highest BCUT2D eigenvalue weighted by Gasteiger charge is 2.10. The Morgan fingerprint density at radius 1 is 1.65 bits per heavy atom. The number of amides is 1. The van der Waals surface area contributed by atoms with Gasteiger partial charge < -0.3 is 10.1 Å². The maximum absolute atomic E-state index is 11.5. The molecule has 5 heteroatoms. The van der Waals surface area contributed by atoms with Crippen LogP contribution in [0.4, 0.5) is 0 Å². The van der Waals surface area contributed by atoms with Crippen LogP contribution in [0.25, 0.3) is 0 Å². The Bertz CT molecular complexity index is 349. The van der Waals surface area contributed by atoms with Crippen LogP contribution in [0.2, 0.25) is 0 Å². The second kappa shape index (κ2) is 7.06. The number of carbonyl (C=O) groups is 1. The van der Waals surface area contributed by atoms with E-state index in [2.05, 4.69) is 10.4 Å². The normalized spacial score (nSPS) is 12.4. The van der Waals surface area contributed by atoms with Gasteiger partial charge in [0.15, 0.2) is 0 Å². The molecule has 0 radical (unpaired) electrons. The highest BCUT2D eigenvalue weighted by atomic mass is 16.5. The summed E-state index contributed by atoms with van der Waals surface area (Å²) in [4.78, 5) is 11.5. The summed E-state index contributed by atoms with van der Waals surface area (Å²) in [6, 6.07) is 0. The van der Waals surface area contributed by atoms with Gasteiger partial charge in [0.2, 0.25) is 5.91 Å². The van der Waals surface area contributed by atoms with Crippen LogP contribution < -0.4 is 5.32 Å². The maximum atomic E-state index is 11.5. The highest BCUT2D eigenvalue weighted by molar-refractivity contribution is 5.80. The lowest BCUT2D eigenvalue weighted by atomic mass is 10.2. The van der Waals surface area contributed by atoms with Crippen LogP contribution >= 0.6 is 0 Å². The van der Waals surface area contributed by atoms with Gasteiger partial charge in [0, 0.05) is 26.4 Å². The fourth-order valence-corrected chi connectivity index (χ4v) is 1.57. The summed E-state index contributed by atoms with van der Waals surface area (Å²) >= 11 is 0. The number of nitrogens with zero attached hydrogens (tertiary/aromatic N) is 2. The topological polar surface area (TPSA) is 56.1 Å². The van der Waals surface area contributed by atoms with Crippen molar-refractivity contribution in [2.45, 2.75) is 32.8 Å². The molecule has 1 amide bonds. The SMILES string of the molecule is CCO[C@@H](C)C(=O)NCCCc1cnn(C)c1. The van der Waals surface area contributed by atoms with E-state index in [1.165, 1.54) is 5.56 Å². The summed E-state index contributed by atoms with van der Waals surface area (Å²) in [5, 5.41) is 6.95. The first-order valence-electron chi connectivity index (χ1n) is 6.00. The Labute approximate surface area is 102 Å². The average Bonchev–Trinajstić information content (AvgIpc) is 2.70. The third kappa shape index (κ3) is 4.99. The molecule has 5 nitrogen and oxygen atoms in total. The van der Waals surface area contributed by atoms with E-state index in [1.807, 2.05) is 26.4 Å². The lowest BCUT2D eigenvalue weighted by molar-refractivity contribution is -0.131. The van der Waals surface area contributed by atoms with E-state index in [9.17, 15) is 4.79 Å². The van der Waals surface area contributed by atoms with Crippen molar-refractivity contribution in [3.63, 3.8) is 0 Å². The predicted octanol–water partition coefficient (Wildman–Crippen LogP) is 0.894. The molecule has 1 aromatic rings. The molecule has 0 spiro atoms. The minimum Gasteiger partial charge on any atom is -0.369 e. The molecule has 0 aromatic carbocycles. The number of hydrogen-bond acceptors (Lipinski definition) is 3. The van der Waals surface area contributed by atoms with E-state index < -0.39 is 0 Å². The van der Waals surface area contributed by atoms with E-state index in [0.29, 0.717) is 13.2 Å². The third-order valence-corrected chi connectivity index (χ3v) is 2.49. The Hall–Kier alpha value is -1.36. The second-order valence-corrected chi connectivity index (χ2v) is 4.01. The van der Waals surface area contributed by atoms with Gasteiger partial charge in [-0.3, -0.25) is 9.48 Å². The second-order valence-electron chi connectivity index (χ2n) is 4.01. The fraction of sp³-hybridized carbons (Fsp3) is 0.667. The minimum absolute atomic E-state index is 0.0435. The van der Waals surface area contributed by atoms with Gasteiger partial charge in [-0.2, -0.15) is 5.10 Å². The molecule has 1 rings (SSSR count). The molecule has 0 bridgehead atoms. The molecule has 1 heterocycles. The van der Waals surface area contributed by atoms with Crippen LogP contribution in [0.1, 0.15) is 25.8 Å². The van der Waals surface area contributed by atoms with Crippen LogP contribution in [0.5, 0.6) is 0 Å². The summed E-state index contributed by atoms with van der Waals surface area (Å²) in [5.74, 6) is -0.0435. The van der Waals surface area contributed by atoms with Crippen LogP contribution in [0.3, 0.4) is 0 Å². The molecule has 1 N–H and O–H groups in total. The summed E-state index contributed by atoms with van der Waals surface area (Å²) < 4.78 is 6.98. The standard InChI is InChI=1S/C12H21N3O2/c1-4-17-10(2)12(16)13-7-5-6-11-8-14-15(3)9-11/h8-10H,4-7H2,1-3H3,(H,13,16)/t10-/m0/s1. The molecule has 0 aliphatic carbocycles. The van der Waals surface area contributed by atoms with Gasteiger partial charge in [-0.15, -0.1) is 0 Å². The Kier molecular flexibility index (Phi) is 5.69. The molecule has 0 unspecified atom stereocenters. The Balaban J connectivity index is 2.13. The van der Waals surface area contributed by atoms with Gasteiger partial charge in [-0.25, -0.2) is 0 Å². The first-order valence-corrected chi connectivity index (χ1v) is 6.00. The molecule has 0 saturated heterocycles. The smallest absolute Gasteiger partial charge is 0.248 e. The van der Waals surface area contributed by atoms with Crippen LogP contribution in [-0.4, -0.2) is 34.9 Å². The monoisotopic (exact) mass is 239 g/mol. The highest BCUT2D eigenvalue weighted by Crippen LogP contribution is 2.00. The van der Waals surface area contributed by atoms with Crippen molar-refractivity contribution in [1.82, 2.24) is 15.1 Å². The third-order valence-electron chi connectivity index (χ3n) is 2.49. The number of aromatic nitrogens is 2. The Morgan fingerprint density at radius 2 is 2.41 bits per heavy atom. The van der Waals surface area contributed by atoms with Crippen LogP contribution in [0.15, 0.2) is 12.4 Å². The van der Waals surface area contributed by atoms with E-state index in [1.54, 1.807) is 11.6 Å². The first kappa shape index (κ1) is 13.7. The van der Waals surface area contributed by atoms with E-state index in [4.69, 9.17) is 4.74 Å². The van der Waals surface area contributed by atoms with Gasteiger partial charge in [0.1, 0.15) is 6.10 Å². The van der Waals surface area contributed by atoms with Crippen molar-refractivity contribution in [3.8, 4) is 0 Å². The fourth-order valence-electron chi connectivity index (χ4n) is 1.57. The molecular weight excluding hydrogens is 218 g/mol. The first-order chi connectivity index (χ1) is 8.13. The van der Waals surface area contributed by atoms with Gasteiger partial charge in [0.05, 0.1) is 6.20 Å². The van der Waals surface area contributed by atoms with Crippen molar-refractivity contribution < 1.29 is 9.53 Å². The lowest BCUT2D eigenvalue weighted by Gasteiger charge is -2.11. The number of ether oxygens (including phenoxy) is 1. The van der Waals surface area contributed by atoms with Gasteiger partial charge in [-0.05, 0) is 32.3 Å². The zero-order valence-corrected chi connectivity index (χ0v) is 10.8. The minimum atomic E-state index is -0.363. The number of aryl methyl sites for hydroxylation is 2. The summed E-state index contributed by atoms with van der Waals surface area (Å²) in [6.07, 6.45) is 5.32. The quantitative estimate of drug-likeness (QED) is 0.719. The van der Waals surface area contributed by atoms with Gasteiger partial charge in [-0.1, -0.05) is 0 Å². The molecule has 0 aliphatic rings. The Morgan fingerprint density at radius 3 is 3.00 bits per heavy atom. The van der Waals surface area contributed by atoms with Crippen LogP contribution in [-0.2, 0) is 23.0 Å². The lowest BCUT2D eigenvalue weighted by Crippen LogP contribution is -2.35. The van der Waals surface area contributed by atoms with Crippen molar-refractivity contribution in [2.75, 3.05) is 13.2 Å². The van der Waals surface area contributed by atoms with E-state index in [-0.39, 0.29) is 12.0 Å². The zero-order valence-electron chi connectivity index (χ0n) is 10.8. The van der Waals surface area contributed by atoms with Crippen molar-refractivity contribution in [2.24, 2.45) is 7.05 Å². The zero-order chi connectivity index (χ0) is 12.7. The molecule has 1 aromatic heterocycles. The number of rotatable bonds is 7. The molecular formula is C12H21N3O2. The van der Waals surface area contributed by atoms with Crippen LogP contribution in [0, 0.1) is 0 Å². The maximum Gasteiger partial charge on any atom is 0.248 e. The molecule has 0 saturated carbocycles. The van der Waals surface area contributed by atoms with E-state index >= 15 is 0 Å². The molecule has 0 fully saturated rings. The number of hydrogen-bond donors (Lipinski definition) is 1. The van der Waals surface area contributed by atoms with Crippen molar-refractivity contribution in [1.29, 1.82) is 0 Å². The molecule has 1 atom stereocenters. The van der Waals surface area contributed by atoms with Gasteiger partial charge >= 0.3 is 0 Å². The van der Waals surface area contributed by atoms with Crippen molar-refractivity contribution in [3.05, 3.63) is 18.0 Å². The van der Waals surface area contributed by atoms with Gasteiger partial charge in [0.25, 0.3) is 0 Å². The van der Waals surface area contributed by atoms with Crippen molar-refractivity contribution >= 4 is 5.91 Å². The molecule has 17 heavy (non-hydrogen) atoms. The largest absolute Gasteiger partial charge is 0.369 e. The number of nitrogens with one attached hydrogen (secondary N) is 1. The molecule has 0 aliphatic heterocycles. The van der Waals surface area contributed by atoms with E-state index in [0.717, 1.165) is 12.8 Å². The summed E-state index contributed by atoms with van der Waals surface area (Å²) in [5.41, 5.74) is 1.19. The average molecular weight is 239 g/mol. The number of carbonyl (C=O) groups excluding carboxylic acids is 1. The molecule has 96 valence electrons. The summed E-state index contributed by atoms with van der Waals surface area (Å²) in [6.45, 7) is 4.88. The predicted molar refractivity (Wildman–Crippen MR) is 65.6 cm³/mol. The summed E-state index contributed by atoms with van der Waals surface area (Å²) in [7, 11) is 1.90.